The number of carbonyl (C=O) groups excluding carboxylic acids is 1. The highest BCUT2D eigenvalue weighted by Gasteiger charge is 2.39. The summed E-state index contributed by atoms with van der Waals surface area (Å²) < 4.78 is 14.8. The van der Waals surface area contributed by atoms with Gasteiger partial charge in [0.05, 0.1) is 18.4 Å². The maximum Gasteiger partial charge on any atom is 0.251 e. The van der Waals surface area contributed by atoms with Gasteiger partial charge < -0.3 is 25.0 Å². The lowest BCUT2D eigenvalue weighted by molar-refractivity contribution is -0.0552. The van der Waals surface area contributed by atoms with Gasteiger partial charge in [0.2, 0.25) is 0 Å². The number of imidazole rings is 1. The fourth-order valence-electron chi connectivity index (χ4n) is 3.88. The van der Waals surface area contributed by atoms with E-state index in [4.69, 9.17) is 0 Å². The third-order valence-electron chi connectivity index (χ3n) is 5.47. The van der Waals surface area contributed by atoms with Crippen LogP contribution < -0.4 is 10.2 Å². The number of hydrogen-bond donors (Lipinski definition) is 3. The van der Waals surface area contributed by atoms with E-state index in [2.05, 4.69) is 20.3 Å². The Hall–Kier alpha value is -3.11. The molecule has 2 heterocycles. The molecule has 10 heteroatoms. The third kappa shape index (κ3) is 3.59. The number of amides is 1. The molecule has 4 rings (SSSR count). The predicted octanol–water partition coefficient (Wildman–Crippen LogP) is 0.887. The summed E-state index contributed by atoms with van der Waals surface area (Å²) in [5.41, 5.74) is 1.46. The lowest BCUT2D eigenvalue weighted by Crippen LogP contribution is -2.54. The van der Waals surface area contributed by atoms with E-state index in [1.54, 1.807) is 10.9 Å². The Kier molecular flexibility index (Phi) is 5.35. The number of anilines is 1. The minimum atomic E-state index is -1.18. The molecule has 1 fully saturated rings. The Morgan fingerprint density at radius 1 is 1.13 bits per heavy atom. The van der Waals surface area contributed by atoms with Crippen LogP contribution in [0.4, 0.5) is 10.2 Å². The molecule has 0 spiro atoms. The van der Waals surface area contributed by atoms with E-state index in [0.29, 0.717) is 29.8 Å². The average molecular weight is 414 g/mol. The molecule has 1 saturated carbocycles. The molecule has 0 saturated heterocycles. The Bertz CT molecular complexity index is 1050. The largest absolute Gasteiger partial charge is 0.388 e. The van der Waals surface area contributed by atoms with E-state index in [-0.39, 0.29) is 5.56 Å². The number of nitrogens with zero attached hydrogens (tertiary/aromatic N) is 5. The molecular weight excluding hydrogens is 391 g/mol. The van der Waals surface area contributed by atoms with Crippen molar-refractivity contribution in [2.24, 2.45) is 0 Å². The quantitative estimate of drug-likeness (QED) is 0.580. The van der Waals surface area contributed by atoms with E-state index < -0.39 is 36.0 Å². The first-order valence-corrected chi connectivity index (χ1v) is 9.64. The first kappa shape index (κ1) is 20.2. The van der Waals surface area contributed by atoms with Crippen LogP contribution in [-0.4, -0.2) is 68.0 Å². The van der Waals surface area contributed by atoms with Crippen molar-refractivity contribution >= 4 is 22.9 Å². The summed E-state index contributed by atoms with van der Waals surface area (Å²) in [5.74, 6) is -0.202. The van der Waals surface area contributed by atoms with Crippen LogP contribution in [0.5, 0.6) is 0 Å². The van der Waals surface area contributed by atoms with Crippen LogP contribution in [0.15, 0.2) is 36.9 Å². The summed E-state index contributed by atoms with van der Waals surface area (Å²) in [6.45, 7) is 0. The van der Waals surface area contributed by atoms with Crippen molar-refractivity contribution in [3.05, 3.63) is 48.3 Å². The molecule has 0 aliphatic heterocycles. The fourth-order valence-corrected chi connectivity index (χ4v) is 3.88. The molecule has 4 atom stereocenters. The standard InChI is InChI=1S/C20H23FN6O3/c1-26(2)18-15-19(23-9-22-18)27(10-24-15)14-8-7-13(16(28)17(14)29)25-20(30)11-3-5-12(21)6-4-11/h3-6,9-10,13-14,16-17,28-29H,7-8H2,1-2H3,(H,25,30)/t13-,14-,16-,17-/m1/s1. The maximum atomic E-state index is 13.1. The molecule has 3 aromatic rings. The lowest BCUT2D eigenvalue weighted by Gasteiger charge is -2.38. The van der Waals surface area contributed by atoms with E-state index >= 15 is 0 Å². The van der Waals surface area contributed by atoms with E-state index in [1.165, 1.54) is 30.6 Å². The number of aliphatic hydroxyl groups excluding tert-OH is 2. The van der Waals surface area contributed by atoms with E-state index in [1.807, 2.05) is 19.0 Å². The summed E-state index contributed by atoms with van der Waals surface area (Å²) in [5, 5.41) is 24.2. The van der Waals surface area contributed by atoms with Crippen LogP contribution >= 0.6 is 0 Å². The molecule has 1 aliphatic carbocycles. The predicted molar refractivity (Wildman–Crippen MR) is 108 cm³/mol. The second-order valence-electron chi connectivity index (χ2n) is 7.63. The minimum Gasteiger partial charge on any atom is -0.388 e. The van der Waals surface area contributed by atoms with Gasteiger partial charge in [0.1, 0.15) is 24.4 Å². The summed E-state index contributed by atoms with van der Waals surface area (Å²) in [6, 6.07) is 4.07. The number of aliphatic hydroxyl groups is 2. The van der Waals surface area contributed by atoms with Gasteiger partial charge >= 0.3 is 0 Å². The summed E-state index contributed by atoms with van der Waals surface area (Å²) in [7, 11) is 3.71. The number of aromatic nitrogens is 4. The van der Waals surface area contributed by atoms with Gasteiger partial charge in [-0.3, -0.25) is 4.79 Å². The summed E-state index contributed by atoms with van der Waals surface area (Å²) >= 11 is 0. The van der Waals surface area contributed by atoms with Crippen LogP contribution in [0, 0.1) is 5.82 Å². The van der Waals surface area contributed by atoms with Crippen LogP contribution in [0.2, 0.25) is 0 Å². The highest BCUT2D eigenvalue weighted by molar-refractivity contribution is 5.94. The second kappa shape index (κ2) is 7.96. The van der Waals surface area contributed by atoms with E-state index in [0.717, 1.165) is 0 Å². The fraction of sp³-hybridized carbons (Fsp3) is 0.400. The molecule has 3 N–H and O–H groups in total. The van der Waals surface area contributed by atoms with Crippen molar-refractivity contribution in [2.45, 2.75) is 37.1 Å². The summed E-state index contributed by atoms with van der Waals surface area (Å²) in [6.07, 6.45) is 1.66. The van der Waals surface area contributed by atoms with Gasteiger partial charge in [0, 0.05) is 19.7 Å². The van der Waals surface area contributed by atoms with Crippen molar-refractivity contribution in [2.75, 3.05) is 19.0 Å². The molecule has 1 aromatic carbocycles. The molecule has 9 nitrogen and oxygen atoms in total. The highest BCUT2D eigenvalue weighted by atomic mass is 19.1. The normalized spacial score (nSPS) is 24.0. The monoisotopic (exact) mass is 414 g/mol. The Labute approximate surface area is 172 Å². The molecule has 30 heavy (non-hydrogen) atoms. The number of fused-ring (bicyclic) bond motifs is 1. The molecule has 1 amide bonds. The maximum absolute atomic E-state index is 13.1. The molecule has 158 valence electrons. The molecule has 0 unspecified atom stereocenters. The second-order valence-corrected chi connectivity index (χ2v) is 7.63. The van der Waals surface area contributed by atoms with Crippen molar-refractivity contribution in [1.29, 1.82) is 0 Å². The number of hydrogen-bond acceptors (Lipinski definition) is 7. The molecule has 2 aromatic heterocycles. The van der Waals surface area contributed by atoms with Crippen LogP contribution in [0.25, 0.3) is 11.2 Å². The van der Waals surface area contributed by atoms with Gasteiger partial charge in [-0.2, -0.15) is 0 Å². The van der Waals surface area contributed by atoms with Crippen molar-refractivity contribution in [1.82, 2.24) is 24.8 Å². The van der Waals surface area contributed by atoms with Crippen LogP contribution in [-0.2, 0) is 0 Å². The zero-order valence-electron chi connectivity index (χ0n) is 16.6. The first-order chi connectivity index (χ1) is 14.4. The zero-order valence-corrected chi connectivity index (χ0v) is 16.6. The highest BCUT2D eigenvalue weighted by Crippen LogP contribution is 2.32. The Balaban J connectivity index is 1.52. The van der Waals surface area contributed by atoms with Crippen LogP contribution in [0.1, 0.15) is 29.2 Å². The lowest BCUT2D eigenvalue weighted by atomic mass is 9.85. The van der Waals surface area contributed by atoms with Gasteiger partial charge in [-0.05, 0) is 37.1 Å². The molecule has 0 radical (unpaired) electrons. The van der Waals surface area contributed by atoms with Gasteiger partial charge in [-0.1, -0.05) is 0 Å². The van der Waals surface area contributed by atoms with Gasteiger partial charge in [-0.25, -0.2) is 19.3 Å². The first-order valence-electron chi connectivity index (χ1n) is 9.64. The summed E-state index contributed by atoms with van der Waals surface area (Å²) in [4.78, 5) is 27.2. The Morgan fingerprint density at radius 2 is 1.87 bits per heavy atom. The smallest absolute Gasteiger partial charge is 0.251 e. The van der Waals surface area contributed by atoms with Gasteiger partial charge in [0.25, 0.3) is 5.91 Å². The Morgan fingerprint density at radius 3 is 2.57 bits per heavy atom. The number of benzene rings is 1. The number of halogens is 1. The molecule has 1 aliphatic rings. The van der Waals surface area contributed by atoms with Crippen molar-refractivity contribution < 1.29 is 19.4 Å². The van der Waals surface area contributed by atoms with Gasteiger partial charge in [-0.15, -0.1) is 0 Å². The van der Waals surface area contributed by atoms with E-state index in [9.17, 15) is 19.4 Å². The SMILES string of the molecule is CN(C)c1ncnc2c1ncn2[C@@H]1CC[C@@H](NC(=O)c2ccc(F)cc2)[C@@H](O)[C@@H]1O. The van der Waals surface area contributed by atoms with Crippen LogP contribution in [0.3, 0.4) is 0 Å². The van der Waals surface area contributed by atoms with Crippen molar-refractivity contribution in [3.63, 3.8) is 0 Å². The van der Waals surface area contributed by atoms with Crippen molar-refractivity contribution in [3.8, 4) is 0 Å². The average Bonchev–Trinajstić information content (AvgIpc) is 3.16. The topological polar surface area (TPSA) is 116 Å². The zero-order chi connectivity index (χ0) is 21.4. The third-order valence-corrected chi connectivity index (χ3v) is 5.47. The minimum absolute atomic E-state index is 0.286. The number of carbonyl (C=O) groups is 1. The number of rotatable bonds is 4. The molecule has 0 bridgehead atoms. The molecular formula is C20H23FN6O3. The van der Waals surface area contributed by atoms with Gasteiger partial charge in [0.15, 0.2) is 17.0 Å². The number of nitrogens with one attached hydrogen (secondary N) is 1.